The molecule has 3 aromatic rings. The summed E-state index contributed by atoms with van der Waals surface area (Å²) >= 11 is 6.52. The summed E-state index contributed by atoms with van der Waals surface area (Å²) in [5, 5.41) is 2.70. The first kappa shape index (κ1) is 19.4. The average Bonchev–Trinajstić information content (AvgIpc) is 2.89. The van der Waals surface area contributed by atoms with Gasteiger partial charge in [-0.3, -0.25) is 10.1 Å². The quantitative estimate of drug-likeness (QED) is 0.618. The van der Waals surface area contributed by atoms with E-state index in [0.29, 0.717) is 10.4 Å². The van der Waals surface area contributed by atoms with Gasteiger partial charge in [0.15, 0.2) is 4.80 Å². The summed E-state index contributed by atoms with van der Waals surface area (Å²) in [4.78, 5) is 17.3. The number of amides is 1. The number of aryl methyl sites for hydroxylation is 1. The van der Waals surface area contributed by atoms with Gasteiger partial charge < -0.3 is 4.57 Å². The van der Waals surface area contributed by atoms with Gasteiger partial charge in [-0.2, -0.15) is 4.99 Å². The highest BCUT2D eigenvalue weighted by molar-refractivity contribution is 7.80. The van der Waals surface area contributed by atoms with E-state index in [4.69, 9.17) is 12.2 Å². The summed E-state index contributed by atoms with van der Waals surface area (Å²) in [5.74, 6) is -0.607. The number of thiocarbonyl (C=S) groups is 1. The molecule has 0 aliphatic rings. The molecule has 0 atom stereocenters. The van der Waals surface area contributed by atoms with Crippen molar-refractivity contribution >= 4 is 44.8 Å². The van der Waals surface area contributed by atoms with Crippen LogP contribution in [-0.4, -0.2) is 15.6 Å². The number of hydrogen-bond acceptors (Lipinski definition) is 3. The molecule has 0 fully saturated rings. The minimum atomic E-state index is -0.306. The molecule has 0 aliphatic heterocycles. The summed E-state index contributed by atoms with van der Waals surface area (Å²) in [6.07, 6.45) is 0. The maximum atomic E-state index is 13.4. The number of hydrogen-bond donors (Lipinski definition) is 1. The van der Waals surface area contributed by atoms with Gasteiger partial charge in [0, 0.05) is 12.6 Å². The number of rotatable bonds is 1. The number of fused-ring (bicyclic) bond motifs is 1. The Morgan fingerprint density at radius 1 is 1.19 bits per heavy atom. The summed E-state index contributed by atoms with van der Waals surface area (Å²) in [7, 11) is 1.82. The number of carbonyl (C=O) groups excluding carboxylic acids is 1. The van der Waals surface area contributed by atoms with Crippen LogP contribution >= 0.6 is 23.6 Å². The van der Waals surface area contributed by atoms with E-state index in [2.05, 4.69) is 31.1 Å². The zero-order valence-electron chi connectivity index (χ0n) is 15.5. The average molecular weight is 402 g/mol. The van der Waals surface area contributed by atoms with Gasteiger partial charge in [0.2, 0.25) is 5.11 Å². The largest absolute Gasteiger partial charge is 0.319 e. The zero-order valence-corrected chi connectivity index (χ0v) is 17.2. The van der Waals surface area contributed by atoms with Crippen LogP contribution < -0.4 is 10.1 Å². The zero-order chi connectivity index (χ0) is 19.8. The number of nitrogens with zero attached hydrogens (tertiary/aromatic N) is 2. The number of benzene rings is 2. The van der Waals surface area contributed by atoms with E-state index in [1.807, 2.05) is 23.7 Å². The van der Waals surface area contributed by atoms with Crippen molar-refractivity contribution in [1.82, 2.24) is 9.88 Å². The molecule has 3 rings (SSSR count). The van der Waals surface area contributed by atoms with Gasteiger partial charge in [0.05, 0.1) is 10.2 Å². The van der Waals surface area contributed by atoms with Crippen molar-refractivity contribution in [2.45, 2.75) is 26.2 Å². The highest BCUT2D eigenvalue weighted by atomic mass is 32.1. The SMILES string of the molecule is Cn1c(=NC(=S)NC(=O)c2ccc(C(C)(C)C)cc2)sc2cc(F)ccc21. The molecule has 0 aliphatic carbocycles. The van der Waals surface area contributed by atoms with Crippen LogP contribution in [0.1, 0.15) is 36.7 Å². The number of thiazole rings is 1. The summed E-state index contributed by atoms with van der Waals surface area (Å²) in [5.41, 5.74) is 2.54. The molecule has 27 heavy (non-hydrogen) atoms. The van der Waals surface area contributed by atoms with E-state index in [9.17, 15) is 9.18 Å². The molecule has 0 saturated heterocycles. The van der Waals surface area contributed by atoms with Gasteiger partial charge in [0.1, 0.15) is 5.82 Å². The molecule has 1 aromatic heterocycles. The van der Waals surface area contributed by atoms with Gasteiger partial charge in [0.25, 0.3) is 5.91 Å². The van der Waals surface area contributed by atoms with Gasteiger partial charge in [-0.1, -0.05) is 44.2 Å². The number of nitrogens with one attached hydrogen (secondary N) is 1. The second-order valence-electron chi connectivity index (χ2n) is 7.25. The maximum absolute atomic E-state index is 13.4. The molecule has 0 unspecified atom stereocenters. The van der Waals surface area contributed by atoms with E-state index < -0.39 is 0 Å². The van der Waals surface area contributed by atoms with Crippen LogP contribution in [-0.2, 0) is 12.5 Å². The molecule has 0 saturated carbocycles. The second-order valence-corrected chi connectivity index (χ2v) is 8.65. The molecule has 1 N–H and O–H groups in total. The first-order valence-electron chi connectivity index (χ1n) is 8.41. The van der Waals surface area contributed by atoms with Crippen molar-refractivity contribution in [2.75, 3.05) is 0 Å². The van der Waals surface area contributed by atoms with Gasteiger partial charge in [-0.15, -0.1) is 0 Å². The predicted molar refractivity (Wildman–Crippen MR) is 112 cm³/mol. The minimum Gasteiger partial charge on any atom is -0.319 e. The van der Waals surface area contributed by atoms with E-state index in [-0.39, 0.29) is 22.3 Å². The number of carbonyl (C=O) groups is 1. The summed E-state index contributed by atoms with van der Waals surface area (Å²) < 4.78 is 16.0. The Balaban J connectivity index is 1.80. The van der Waals surface area contributed by atoms with Crippen molar-refractivity contribution in [2.24, 2.45) is 12.0 Å². The van der Waals surface area contributed by atoms with Crippen molar-refractivity contribution in [1.29, 1.82) is 0 Å². The first-order chi connectivity index (χ1) is 12.6. The van der Waals surface area contributed by atoms with E-state index in [1.165, 1.54) is 23.5 Å². The molecule has 2 aromatic carbocycles. The summed E-state index contributed by atoms with van der Waals surface area (Å²) in [6, 6.07) is 12.0. The van der Waals surface area contributed by atoms with Crippen LogP contribution in [0.5, 0.6) is 0 Å². The second kappa shape index (κ2) is 7.32. The molecule has 0 bridgehead atoms. The molecule has 7 heteroatoms. The fourth-order valence-electron chi connectivity index (χ4n) is 2.62. The lowest BCUT2D eigenvalue weighted by molar-refractivity contribution is 0.0977. The first-order valence-corrected chi connectivity index (χ1v) is 9.63. The smallest absolute Gasteiger partial charge is 0.257 e. The van der Waals surface area contributed by atoms with E-state index >= 15 is 0 Å². The Kier molecular flexibility index (Phi) is 5.26. The molecular weight excluding hydrogens is 381 g/mol. The summed E-state index contributed by atoms with van der Waals surface area (Å²) in [6.45, 7) is 6.35. The molecule has 0 spiro atoms. The van der Waals surface area contributed by atoms with Crippen LogP contribution in [0, 0.1) is 5.82 Å². The molecule has 4 nitrogen and oxygen atoms in total. The lowest BCUT2D eigenvalue weighted by Crippen LogP contribution is -2.29. The molecular formula is C20H20FN3OS2. The third-order valence-electron chi connectivity index (χ3n) is 4.20. The number of aromatic nitrogens is 1. The molecule has 0 radical (unpaired) electrons. The third kappa shape index (κ3) is 4.31. The topological polar surface area (TPSA) is 46.4 Å². The van der Waals surface area contributed by atoms with Crippen LogP contribution in [0.2, 0.25) is 0 Å². The van der Waals surface area contributed by atoms with E-state index in [1.54, 1.807) is 18.2 Å². The lowest BCUT2D eigenvalue weighted by Gasteiger charge is -2.18. The van der Waals surface area contributed by atoms with Gasteiger partial charge in [-0.25, -0.2) is 4.39 Å². The fourth-order valence-corrected chi connectivity index (χ4v) is 3.91. The van der Waals surface area contributed by atoms with Gasteiger partial charge in [-0.05, 0) is 53.5 Å². The van der Waals surface area contributed by atoms with Crippen LogP contribution in [0.15, 0.2) is 47.5 Å². The van der Waals surface area contributed by atoms with Crippen molar-refractivity contribution in [3.05, 3.63) is 64.2 Å². The monoisotopic (exact) mass is 401 g/mol. The standard InChI is InChI=1S/C20H20FN3OS2/c1-20(2,3)13-7-5-12(6-8-13)17(25)22-18(26)23-19-24(4)15-10-9-14(21)11-16(15)27-19/h5-11H,1-4H3,(H,22,25,26). The Morgan fingerprint density at radius 3 is 2.48 bits per heavy atom. The highest BCUT2D eigenvalue weighted by Gasteiger charge is 2.15. The van der Waals surface area contributed by atoms with Gasteiger partial charge >= 0.3 is 0 Å². The fraction of sp³-hybridized carbons (Fsp3) is 0.250. The van der Waals surface area contributed by atoms with Crippen molar-refractivity contribution < 1.29 is 9.18 Å². The van der Waals surface area contributed by atoms with E-state index in [0.717, 1.165) is 15.8 Å². The van der Waals surface area contributed by atoms with Crippen LogP contribution in [0.25, 0.3) is 10.2 Å². The third-order valence-corrected chi connectivity index (χ3v) is 5.49. The minimum absolute atomic E-state index is 0.0229. The highest BCUT2D eigenvalue weighted by Crippen LogP contribution is 2.22. The Morgan fingerprint density at radius 2 is 1.85 bits per heavy atom. The van der Waals surface area contributed by atoms with Crippen molar-refractivity contribution in [3.8, 4) is 0 Å². The van der Waals surface area contributed by atoms with Crippen LogP contribution in [0.3, 0.4) is 0 Å². The molecule has 1 amide bonds. The Labute approximate surface area is 166 Å². The number of halogens is 1. The predicted octanol–water partition coefficient (Wildman–Crippen LogP) is 4.29. The van der Waals surface area contributed by atoms with Crippen LogP contribution in [0.4, 0.5) is 4.39 Å². The lowest BCUT2D eigenvalue weighted by atomic mass is 9.87. The Bertz CT molecular complexity index is 1090. The van der Waals surface area contributed by atoms with Crippen molar-refractivity contribution in [3.63, 3.8) is 0 Å². The Hall–Kier alpha value is -2.38. The normalized spacial score (nSPS) is 12.4. The maximum Gasteiger partial charge on any atom is 0.257 e. The molecule has 1 heterocycles. The molecule has 140 valence electrons.